The van der Waals surface area contributed by atoms with Crippen LogP contribution in [0, 0.1) is 0 Å². The van der Waals surface area contributed by atoms with Crippen LogP contribution >= 0.6 is 0 Å². The van der Waals surface area contributed by atoms with E-state index in [2.05, 4.69) is 37.4 Å². The summed E-state index contributed by atoms with van der Waals surface area (Å²) in [6.07, 6.45) is 0.270. The van der Waals surface area contributed by atoms with Gasteiger partial charge in [0.25, 0.3) is 6.43 Å². The third-order valence-corrected chi connectivity index (χ3v) is 3.52. The topological polar surface area (TPSA) is 21.3 Å². The lowest BCUT2D eigenvalue weighted by atomic mass is 9.94. The van der Waals surface area contributed by atoms with Gasteiger partial charge >= 0.3 is 0 Å². The zero-order chi connectivity index (χ0) is 15.0. The summed E-state index contributed by atoms with van der Waals surface area (Å²) in [7, 11) is 1.90. The lowest BCUT2D eigenvalue weighted by Crippen LogP contribution is -2.20. The maximum absolute atomic E-state index is 12.0. The Hall–Kier alpha value is -1.00. The van der Waals surface area contributed by atoms with Gasteiger partial charge in [-0.3, -0.25) is 0 Å². The maximum Gasteiger partial charge on any atom is 0.261 e. The molecular formula is C16H25F2NO. The Morgan fingerprint density at radius 1 is 1.20 bits per heavy atom. The number of ether oxygens (including phenoxy) is 1. The van der Waals surface area contributed by atoms with Crippen LogP contribution in [0.1, 0.15) is 43.0 Å². The van der Waals surface area contributed by atoms with Gasteiger partial charge in [-0.05, 0) is 43.0 Å². The minimum absolute atomic E-state index is 0.147. The standard InChI is InChI=1S/C16H25F2NO/c1-4-12-6-7-13(5-2)14(10-12)15(19-3)8-9-20-11-16(17)18/h6-7,10,15-16,19H,4-5,8-9,11H2,1-3H3. The highest BCUT2D eigenvalue weighted by Gasteiger charge is 2.14. The number of benzene rings is 1. The van der Waals surface area contributed by atoms with Crippen LogP contribution in [0.15, 0.2) is 18.2 Å². The van der Waals surface area contributed by atoms with Crippen LogP contribution in [0.25, 0.3) is 0 Å². The van der Waals surface area contributed by atoms with Crippen molar-refractivity contribution >= 4 is 0 Å². The maximum atomic E-state index is 12.0. The number of halogens is 2. The normalized spacial score (nSPS) is 12.9. The third-order valence-electron chi connectivity index (χ3n) is 3.52. The molecule has 0 bridgehead atoms. The van der Waals surface area contributed by atoms with E-state index >= 15 is 0 Å². The van der Waals surface area contributed by atoms with E-state index in [1.165, 1.54) is 16.7 Å². The molecule has 0 saturated heterocycles. The molecule has 0 saturated carbocycles. The van der Waals surface area contributed by atoms with Gasteiger partial charge in [0, 0.05) is 12.6 Å². The van der Waals surface area contributed by atoms with Crippen LogP contribution < -0.4 is 5.32 Å². The molecule has 20 heavy (non-hydrogen) atoms. The number of rotatable bonds is 9. The van der Waals surface area contributed by atoms with Gasteiger partial charge in [0.05, 0.1) is 0 Å². The lowest BCUT2D eigenvalue weighted by molar-refractivity contribution is 0.0145. The summed E-state index contributed by atoms with van der Waals surface area (Å²) >= 11 is 0. The van der Waals surface area contributed by atoms with Crippen LogP contribution in [0.4, 0.5) is 8.78 Å². The van der Waals surface area contributed by atoms with Crippen molar-refractivity contribution in [3.8, 4) is 0 Å². The van der Waals surface area contributed by atoms with E-state index in [0.29, 0.717) is 13.0 Å². The molecule has 1 unspecified atom stereocenters. The fourth-order valence-electron chi connectivity index (χ4n) is 2.34. The molecule has 1 N–H and O–H groups in total. The number of alkyl halides is 2. The first-order chi connectivity index (χ1) is 9.62. The zero-order valence-electron chi connectivity index (χ0n) is 12.6. The van der Waals surface area contributed by atoms with Crippen molar-refractivity contribution in [1.29, 1.82) is 0 Å². The lowest BCUT2D eigenvalue weighted by Gasteiger charge is -2.21. The van der Waals surface area contributed by atoms with Gasteiger partial charge in [0.2, 0.25) is 0 Å². The van der Waals surface area contributed by atoms with Crippen LogP contribution in [0.3, 0.4) is 0 Å². The second kappa shape index (κ2) is 9.03. The predicted octanol–water partition coefficient (Wildman–Crippen LogP) is 3.74. The van der Waals surface area contributed by atoms with E-state index in [9.17, 15) is 8.78 Å². The number of aryl methyl sites for hydroxylation is 2. The minimum atomic E-state index is -2.39. The molecule has 0 spiro atoms. The highest BCUT2D eigenvalue weighted by Crippen LogP contribution is 2.23. The Bertz CT molecular complexity index is 396. The molecule has 0 radical (unpaired) electrons. The summed E-state index contributed by atoms with van der Waals surface area (Å²) in [5.41, 5.74) is 3.86. The molecule has 0 aromatic heterocycles. The number of hydrogen-bond donors (Lipinski definition) is 1. The molecule has 114 valence electrons. The van der Waals surface area contributed by atoms with E-state index in [0.717, 1.165) is 12.8 Å². The monoisotopic (exact) mass is 285 g/mol. The summed E-state index contributed by atoms with van der Waals surface area (Å²) in [6, 6.07) is 6.68. The largest absolute Gasteiger partial charge is 0.375 e. The zero-order valence-corrected chi connectivity index (χ0v) is 12.6. The summed E-state index contributed by atoms with van der Waals surface area (Å²) in [5.74, 6) is 0. The number of nitrogens with one attached hydrogen (secondary N) is 1. The SMILES string of the molecule is CCc1ccc(CC)c(C(CCOCC(F)F)NC)c1. The average molecular weight is 285 g/mol. The van der Waals surface area contributed by atoms with Crippen molar-refractivity contribution < 1.29 is 13.5 Å². The molecule has 1 atom stereocenters. The van der Waals surface area contributed by atoms with Crippen molar-refractivity contribution in [2.75, 3.05) is 20.3 Å². The van der Waals surface area contributed by atoms with Gasteiger partial charge < -0.3 is 10.1 Å². The first kappa shape index (κ1) is 17.1. The highest BCUT2D eigenvalue weighted by molar-refractivity contribution is 5.34. The smallest absolute Gasteiger partial charge is 0.261 e. The minimum Gasteiger partial charge on any atom is -0.375 e. The van der Waals surface area contributed by atoms with E-state index in [1.807, 2.05) is 7.05 Å². The summed E-state index contributed by atoms with van der Waals surface area (Å²) in [4.78, 5) is 0. The summed E-state index contributed by atoms with van der Waals surface area (Å²) in [5, 5.41) is 3.27. The Kier molecular flexibility index (Phi) is 7.70. The summed E-state index contributed by atoms with van der Waals surface area (Å²) in [6.45, 7) is 4.12. The van der Waals surface area contributed by atoms with Crippen LogP contribution in [0.2, 0.25) is 0 Å². The molecule has 0 heterocycles. The van der Waals surface area contributed by atoms with Crippen molar-refractivity contribution in [2.24, 2.45) is 0 Å². The molecular weight excluding hydrogens is 260 g/mol. The van der Waals surface area contributed by atoms with Gasteiger partial charge in [-0.25, -0.2) is 8.78 Å². The molecule has 1 rings (SSSR count). The van der Waals surface area contributed by atoms with Crippen LogP contribution in [-0.2, 0) is 17.6 Å². The first-order valence-corrected chi connectivity index (χ1v) is 7.27. The molecule has 4 heteroatoms. The molecule has 0 amide bonds. The predicted molar refractivity (Wildman–Crippen MR) is 78.4 cm³/mol. The van der Waals surface area contributed by atoms with Crippen molar-refractivity contribution in [3.63, 3.8) is 0 Å². The number of hydrogen-bond acceptors (Lipinski definition) is 2. The molecule has 0 fully saturated rings. The quantitative estimate of drug-likeness (QED) is 0.698. The molecule has 1 aromatic carbocycles. The van der Waals surface area contributed by atoms with E-state index in [1.54, 1.807) is 0 Å². The van der Waals surface area contributed by atoms with Crippen molar-refractivity contribution in [3.05, 3.63) is 34.9 Å². The van der Waals surface area contributed by atoms with E-state index in [-0.39, 0.29) is 6.04 Å². The van der Waals surface area contributed by atoms with Crippen LogP contribution in [0.5, 0.6) is 0 Å². The highest BCUT2D eigenvalue weighted by atomic mass is 19.3. The Morgan fingerprint density at radius 3 is 2.50 bits per heavy atom. The third kappa shape index (κ3) is 5.17. The molecule has 0 aliphatic heterocycles. The average Bonchev–Trinajstić information content (AvgIpc) is 2.46. The molecule has 0 aliphatic carbocycles. The summed E-state index contributed by atoms with van der Waals surface area (Å²) < 4.78 is 29.1. The second-order valence-electron chi connectivity index (χ2n) is 4.84. The van der Waals surface area contributed by atoms with E-state index < -0.39 is 13.0 Å². The second-order valence-corrected chi connectivity index (χ2v) is 4.84. The van der Waals surface area contributed by atoms with Gasteiger partial charge in [0.15, 0.2) is 0 Å². The van der Waals surface area contributed by atoms with Crippen LogP contribution in [-0.4, -0.2) is 26.7 Å². The van der Waals surface area contributed by atoms with Gasteiger partial charge in [0.1, 0.15) is 6.61 Å². The van der Waals surface area contributed by atoms with Crippen molar-refractivity contribution in [2.45, 2.75) is 45.6 Å². The van der Waals surface area contributed by atoms with Crippen molar-refractivity contribution in [1.82, 2.24) is 5.32 Å². The molecule has 1 aromatic rings. The Labute approximate surface area is 120 Å². The van der Waals surface area contributed by atoms with Gasteiger partial charge in [-0.1, -0.05) is 32.0 Å². The first-order valence-electron chi connectivity index (χ1n) is 7.27. The molecule has 0 aliphatic rings. The fraction of sp³-hybridized carbons (Fsp3) is 0.625. The Morgan fingerprint density at radius 2 is 1.95 bits per heavy atom. The Balaban J connectivity index is 2.72. The molecule has 2 nitrogen and oxygen atoms in total. The van der Waals surface area contributed by atoms with Gasteiger partial charge in [-0.15, -0.1) is 0 Å². The van der Waals surface area contributed by atoms with E-state index in [4.69, 9.17) is 4.74 Å². The fourth-order valence-corrected chi connectivity index (χ4v) is 2.34. The van der Waals surface area contributed by atoms with Gasteiger partial charge in [-0.2, -0.15) is 0 Å².